The Balaban J connectivity index is 1.48. The molecule has 0 saturated heterocycles. The minimum absolute atomic E-state index is 0.0667. The second-order valence-electron chi connectivity index (χ2n) is 7.63. The van der Waals surface area contributed by atoms with Crippen LogP contribution in [-0.4, -0.2) is 45.8 Å². The number of carbonyl (C=O) groups is 2. The van der Waals surface area contributed by atoms with Crippen LogP contribution in [-0.2, 0) is 4.79 Å². The largest absolute Gasteiger partial charge is 0.494 e. The van der Waals surface area contributed by atoms with E-state index in [0.29, 0.717) is 22.3 Å². The van der Waals surface area contributed by atoms with Gasteiger partial charge in [-0.05, 0) is 84.9 Å². The summed E-state index contributed by atoms with van der Waals surface area (Å²) in [4.78, 5) is 23.4. The summed E-state index contributed by atoms with van der Waals surface area (Å²) >= 11 is 7.31. The molecule has 0 spiro atoms. The summed E-state index contributed by atoms with van der Waals surface area (Å²) < 4.78 is 7.48. The summed E-state index contributed by atoms with van der Waals surface area (Å²) in [6.07, 6.45) is 1.45. The third kappa shape index (κ3) is 6.75. The van der Waals surface area contributed by atoms with Gasteiger partial charge in [-0.15, -0.1) is 5.10 Å². The SMILES string of the molecule is CCOc1ccc(-[n+]2c(SCC(=O)N/N=C/c3ccc(C(=O)O)cc3)n[nH]c2-c2ccc(Cl)cc2)cc1. The standard InChI is InChI=1S/C26H22ClN5O4S/c1-2-36-22-13-11-21(12-14-22)32-24(18-7-9-20(27)10-8-18)30-31-26(32)37-16-23(33)29-28-15-17-3-5-19(6-4-17)25(34)35/h3-15H,2,16H2,1H3,(H2,29,33,34,35)/p+1/b28-15+. The van der Waals surface area contributed by atoms with Gasteiger partial charge in [0.05, 0.1) is 34.8 Å². The molecule has 4 aromatic rings. The van der Waals surface area contributed by atoms with Gasteiger partial charge in [-0.1, -0.05) is 23.7 Å². The van der Waals surface area contributed by atoms with E-state index < -0.39 is 5.97 Å². The Morgan fingerprint density at radius 3 is 2.46 bits per heavy atom. The normalized spacial score (nSPS) is 11.0. The number of aromatic amines is 1. The monoisotopic (exact) mass is 536 g/mol. The number of thioether (sulfide) groups is 1. The van der Waals surface area contributed by atoms with Crippen LogP contribution in [0.5, 0.6) is 5.75 Å². The van der Waals surface area contributed by atoms with Crippen molar-refractivity contribution in [2.24, 2.45) is 5.10 Å². The van der Waals surface area contributed by atoms with Crippen molar-refractivity contribution in [2.45, 2.75) is 12.1 Å². The van der Waals surface area contributed by atoms with Crippen molar-refractivity contribution in [1.82, 2.24) is 15.6 Å². The summed E-state index contributed by atoms with van der Waals surface area (Å²) in [7, 11) is 0. The molecule has 0 atom stereocenters. The molecule has 9 nitrogen and oxygen atoms in total. The number of ether oxygens (including phenoxy) is 1. The maximum atomic E-state index is 12.4. The number of hydrogen-bond acceptors (Lipinski definition) is 6. The van der Waals surface area contributed by atoms with Gasteiger partial charge >= 0.3 is 11.1 Å². The van der Waals surface area contributed by atoms with E-state index >= 15 is 0 Å². The lowest BCUT2D eigenvalue weighted by Gasteiger charge is -2.06. The number of hydrazone groups is 1. The molecule has 0 unspecified atom stereocenters. The zero-order valence-electron chi connectivity index (χ0n) is 19.7. The van der Waals surface area contributed by atoms with Crippen LogP contribution >= 0.6 is 23.4 Å². The van der Waals surface area contributed by atoms with Crippen LogP contribution in [0.4, 0.5) is 0 Å². The summed E-state index contributed by atoms with van der Waals surface area (Å²) in [6.45, 7) is 2.50. The first-order valence-corrected chi connectivity index (χ1v) is 12.6. The van der Waals surface area contributed by atoms with E-state index in [2.05, 4.69) is 20.7 Å². The number of aromatic carboxylic acids is 1. The summed E-state index contributed by atoms with van der Waals surface area (Å²) in [5.41, 5.74) is 5.03. The van der Waals surface area contributed by atoms with Gasteiger partial charge in [-0.3, -0.25) is 4.79 Å². The van der Waals surface area contributed by atoms with Crippen molar-refractivity contribution in [3.05, 3.63) is 88.9 Å². The molecule has 0 aliphatic rings. The first-order valence-electron chi connectivity index (χ1n) is 11.2. The number of H-pyrrole nitrogens is 1. The fourth-order valence-corrected chi connectivity index (χ4v) is 4.23. The minimum atomic E-state index is -1.01. The number of hydrogen-bond donors (Lipinski definition) is 3. The Labute approximate surface area is 222 Å². The van der Waals surface area contributed by atoms with E-state index in [-0.39, 0.29) is 17.2 Å². The van der Waals surface area contributed by atoms with Crippen LogP contribution in [0.25, 0.3) is 17.1 Å². The minimum Gasteiger partial charge on any atom is -0.494 e. The molecular weight excluding hydrogens is 514 g/mol. The van der Waals surface area contributed by atoms with Gasteiger partial charge in [0.25, 0.3) is 11.7 Å². The highest BCUT2D eigenvalue weighted by Crippen LogP contribution is 2.23. The Hall–Kier alpha value is -4.15. The molecule has 0 radical (unpaired) electrons. The molecule has 0 fully saturated rings. The first-order chi connectivity index (χ1) is 17.9. The smallest absolute Gasteiger partial charge is 0.342 e. The summed E-state index contributed by atoms with van der Waals surface area (Å²) in [5, 5.41) is 21.6. The quantitative estimate of drug-likeness (QED) is 0.120. The summed E-state index contributed by atoms with van der Waals surface area (Å²) in [6, 6.07) is 21.1. The van der Waals surface area contributed by atoms with E-state index in [1.165, 1.54) is 30.1 Å². The molecule has 3 N–H and O–H groups in total. The third-order valence-electron chi connectivity index (χ3n) is 5.09. The Morgan fingerprint density at radius 1 is 1.11 bits per heavy atom. The molecule has 1 heterocycles. The fraction of sp³-hybridized carbons (Fsp3) is 0.115. The lowest BCUT2D eigenvalue weighted by Crippen LogP contribution is -2.34. The molecule has 1 aromatic heterocycles. The molecular formula is C26H23ClN5O4S+. The van der Waals surface area contributed by atoms with Gasteiger partial charge in [-0.25, -0.2) is 10.2 Å². The van der Waals surface area contributed by atoms with Crippen molar-refractivity contribution < 1.29 is 24.0 Å². The lowest BCUT2D eigenvalue weighted by molar-refractivity contribution is -0.625. The molecule has 188 valence electrons. The van der Waals surface area contributed by atoms with Crippen LogP contribution in [0.2, 0.25) is 5.02 Å². The highest BCUT2D eigenvalue weighted by Gasteiger charge is 2.24. The lowest BCUT2D eigenvalue weighted by atomic mass is 10.1. The number of carboxylic acids is 1. The van der Waals surface area contributed by atoms with E-state index in [1.807, 2.05) is 47.9 Å². The van der Waals surface area contributed by atoms with Crippen molar-refractivity contribution in [1.29, 1.82) is 0 Å². The molecule has 11 heteroatoms. The number of nitrogens with zero attached hydrogens (tertiary/aromatic N) is 3. The van der Waals surface area contributed by atoms with Gasteiger partial charge in [0, 0.05) is 5.02 Å². The second-order valence-corrected chi connectivity index (χ2v) is 9.01. The topological polar surface area (TPSA) is 121 Å². The van der Waals surface area contributed by atoms with Gasteiger partial charge < -0.3 is 9.84 Å². The maximum Gasteiger partial charge on any atom is 0.342 e. The molecule has 0 aliphatic heterocycles. The van der Waals surface area contributed by atoms with Gasteiger partial charge in [0.15, 0.2) is 0 Å². The Kier molecular flexibility index (Phi) is 8.55. The van der Waals surface area contributed by atoms with Gasteiger partial charge in [-0.2, -0.15) is 9.67 Å². The first kappa shape index (κ1) is 25.9. The molecule has 1 amide bonds. The van der Waals surface area contributed by atoms with E-state index in [4.69, 9.17) is 21.4 Å². The number of carboxylic acid groups (broad SMARTS) is 1. The molecule has 0 bridgehead atoms. The van der Waals surface area contributed by atoms with Crippen molar-refractivity contribution in [3.63, 3.8) is 0 Å². The van der Waals surface area contributed by atoms with E-state index in [1.54, 1.807) is 24.3 Å². The molecule has 3 aromatic carbocycles. The van der Waals surface area contributed by atoms with E-state index in [0.717, 1.165) is 22.8 Å². The van der Waals surface area contributed by atoms with E-state index in [9.17, 15) is 9.59 Å². The highest BCUT2D eigenvalue weighted by molar-refractivity contribution is 7.99. The van der Waals surface area contributed by atoms with Gasteiger partial charge in [0.2, 0.25) is 0 Å². The molecule has 0 saturated carbocycles. The Bertz CT molecular complexity index is 1400. The average Bonchev–Trinajstić information content (AvgIpc) is 3.33. The van der Waals surface area contributed by atoms with Crippen LogP contribution < -0.4 is 14.7 Å². The van der Waals surface area contributed by atoms with Crippen molar-refractivity contribution in [2.75, 3.05) is 12.4 Å². The predicted octanol–water partition coefficient (Wildman–Crippen LogP) is 4.35. The van der Waals surface area contributed by atoms with Gasteiger partial charge in [0.1, 0.15) is 11.4 Å². The molecule has 37 heavy (non-hydrogen) atoms. The maximum absolute atomic E-state index is 12.4. The zero-order chi connectivity index (χ0) is 26.2. The number of carbonyl (C=O) groups excluding carboxylic acids is 1. The number of rotatable bonds is 10. The van der Waals surface area contributed by atoms with Crippen LogP contribution in [0.3, 0.4) is 0 Å². The zero-order valence-corrected chi connectivity index (χ0v) is 21.3. The predicted molar refractivity (Wildman–Crippen MR) is 142 cm³/mol. The van der Waals surface area contributed by atoms with Crippen LogP contribution in [0.1, 0.15) is 22.8 Å². The van der Waals surface area contributed by atoms with Crippen LogP contribution in [0.15, 0.2) is 83.1 Å². The summed E-state index contributed by atoms with van der Waals surface area (Å²) in [5.74, 6) is 0.225. The fourth-order valence-electron chi connectivity index (χ4n) is 3.35. The molecule has 0 aliphatic carbocycles. The number of nitrogens with one attached hydrogen (secondary N) is 2. The number of aromatic nitrogens is 3. The number of halogens is 1. The average molecular weight is 537 g/mol. The second kappa shape index (κ2) is 12.2. The number of benzene rings is 3. The van der Waals surface area contributed by atoms with Crippen molar-refractivity contribution >= 4 is 41.5 Å². The highest BCUT2D eigenvalue weighted by atomic mass is 35.5. The Morgan fingerprint density at radius 2 is 1.81 bits per heavy atom. The van der Waals surface area contributed by atoms with Crippen molar-refractivity contribution in [3.8, 4) is 22.8 Å². The number of amides is 1. The third-order valence-corrected chi connectivity index (χ3v) is 6.28. The molecule has 4 rings (SSSR count). The van der Waals surface area contributed by atoms with Crippen LogP contribution in [0, 0.1) is 0 Å².